The summed E-state index contributed by atoms with van der Waals surface area (Å²) in [5, 5.41) is 0.718. The molecule has 1 atom stereocenters. The molecule has 0 radical (unpaired) electrons. The number of pyridine rings is 1. The van der Waals surface area contributed by atoms with Crippen molar-refractivity contribution in [3.05, 3.63) is 77.5 Å². The number of halogens is 1. The molecule has 4 nitrogen and oxygen atoms in total. The maximum absolute atomic E-state index is 6.12. The highest BCUT2D eigenvalue weighted by molar-refractivity contribution is 6.30. The van der Waals surface area contributed by atoms with Gasteiger partial charge < -0.3 is 0 Å². The molecule has 0 unspecified atom stereocenters. The maximum atomic E-state index is 6.12. The Bertz CT molecular complexity index is 869. The van der Waals surface area contributed by atoms with Gasteiger partial charge in [-0.15, -0.1) is 0 Å². The number of likely N-dealkylation sites (tertiary alicyclic amines) is 1. The monoisotopic (exact) mass is 364 g/mol. The molecule has 1 fully saturated rings. The molecule has 26 heavy (non-hydrogen) atoms. The van der Waals surface area contributed by atoms with Crippen molar-refractivity contribution in [3.8, 4) is 11.3 Å². The standard InChI is InChI=1S/C21H21ClN4/c22-19-7-1-5-17(10-19)20-12-24-13-21(25-20)18-6-3-9-26(15-18)14-16-4-2-8-23-11-16/h1-2,4-5,7-8,10-13,18H,3,6,9,14-15H2/t18-/m0/s1. The van der Waals surface area contributed by atoms with Gasteiger partial charge in [-0.3, -0.25) is 14.9 Å². The van der Waals surface area contributed by atoms with Crippen LogP contribution in [0.25, 0.3) is 11.3 Å². The number of benzene rings is 1. The fraction of sp³-hybridized carbons (Fsp3) is 0.286. The minimum atomic E-state index is 0.409. The zero-order valence-corrected chi connectivity index (χ0v) is 15.3. The predicted molar refractivity (Wildman–Crippen MR) is 104 cm³/mol. The Morgan fingerprint density at radius 3 is 2.88 bits per heavy atom. The molecule has 1 aromatic carbocycles. The zero-order valence-electron chi connectivity index (χ0n) is 14.6. The van der Waals surface area contributed by atoms with E-state index in [1.807, 2.05) is 55.1 Å². The Morgan fingerprint density at radius 1 is 1.08 bits per heavy atom. The molecule has 1 aliphatic rings. The largest absolute Gasteiger partial charge is 0.298 e. The van der Waals surface area contributed by atoms with Crippen LogP contribution in [0, 0.1) is 0 Å². The SMILES string of the molecule is Clc1cccc(-c2cncc([C@H]3CCCN(Cc4cccnc4)C3)n2)c1. The lowest BCUT2D eigenvalue weighted by Crippen LogP contribution is -2.34. The van der Waals surface area contributed by atoms with Gasteiger partial charge in [0.1, 0.15) is 0 Å². The summed E-state index contributed by atoms with van der Waals surface area (Å²) in [5.74, 6) is 0.409. The van der Waals surface area contributed by atoms with Gasteiger partial charge in [-0.05, 0) is 43.1 Å². The lowest BCUT2D eigenvalue weighted by Gasteiger charge is -2.32. The molecular formula is C21H21ClN4. The number of hydrogen-bond donors (Lipinski definition) is 0. The molecule has 0 N–H and O–H groups in total. The first-order chi connectivity index (χ1) is 12.8. The van der Waals surface area contributed by atoms with Crippen LogP contribution < -0.4 is 0 Å². The Labute approximate surface area is 158 Å². The van der Waals surface area contributed by atoms with Gasteiger partial charge in [0.25, 0.3) is 0 Å². The normalized spacial score (nSPS) is 18.0. The average molecular weight is 365 g/mol. The van der Waals surface area contributed by atoms with Crippen LogP contribution in [0.15, 0.2) is 61.2 Å². The van der Waals surface area contributed by atoms with E-state index in [0.29, 0.717) is 5.92 Å². The Kier molecular flexibility index (Phi) is 5.23. The summed E-state index contributed by atoms with van der Waals surface area (Å²) in [6.07, 6.45) is 9.81. The van der Waals surface area contributed by atoms with Crippen LogP contribution in [0.1, 0.15) is 30.0 Å². The molecule has 0 amide bonds. The first kappa shape index (κ1) is 17.1. The van der Waals surface area contributed by atoms with Crippen molar-refractivity contribution in [3.63, 3.8) is 0 Å². The molecule has 5 heteroatoms. The number of piperidine rings is 1. The Balaban J connectivity index is 1.51. The number of aromatic nitrogens is 3. The van der Waals surface area contributed by atoms with Gasteiger partial charge in [-0.2, -0.15) is 0 Å². The molecule has 3 aromatic rings. The summed E-state index contributed by atoms with van der Waals surface area (Å²) in [7, 11) is 0. The fourth-order valence-electron chi connectivity index (χ4n) is 3.56. The molecule has 0 bridgehead atoms. The van der Waals surface area contributed by atoms with Crippen LogP contribution in [-0.4, -0.2) is 32.9 Å². The van der Waals surface area contributed by atoms with Gasteiger partial charge in [0.2, 0.25) is 0 Å². The Morgan fingerprint density at radius 2 is 2.04 bits per heavy atom. The van der Waals surface area contributed by atoms with Crippen LogP contribution in [-0.2, 0) is 6.54 Å². The second-order valence-electron chi connectivity index (χ2n) is 6.78. The second kappa shape index (κ2) is 7.94. The zero-order chi connectivity index (χ0) is 17.8. The summed E-state index contributed by atoms with van der Waals surface area (Å²) in [4.78, 5) is 16.0. The summed E-state index contributed by atoms with van der Waals surface area (Å²) in [6.45, 7) is 3.06. The van der Waals surface area contributed by atoms with Crippen molar-refractivity contribution < 1.29 is 0 Å². The van der Waals surface area contributed by atoms with Crippen LogP contribution in [0.3, 0.4) is 0 Å². The molecule has 0 saturated carbocycles. The van der Waals surface area contributed by atoms with Crippen molar-refractivity contribution in [2.24, 2.45) is 0 Å². The van der Waals surface area contributed by atoms with E-state index in [1.54, 1.807) is 0 Å². The highest BCUT2D eigenvalue weighted by Gasteiger charge is 2.23. The second-order valence-corrected chi connectivity index (χ2v) is 7.21. The van der Waals surface area contributed by atoms with Gasteiger partial charge in [-0.25, -0.2) is 4.98 Å². The lowest BCUT2D eigenvalue weighted by atomic mass is 9.94. The van der Waals surface area contributed by atoms with Gasteiger partial charge in [0.05, 0.1) is 17.6 Å². The third-order valence-electron chi connectivity index (χ3n) is 4.83. The molecule has 132 valence electrons. The molecule has 2 aromatic heterocycles. The predicted octanol–water partition coefficient (Wildman–Crippen LogP) is 4.57. The number of rotatable bonds is 4. The van der Waals surface area contributed by atoms with E-state index in [0.717, 1.165) is 48.0 Å². The van der Waals surface area contributed by atoms with E-state index < -0.39 is 0 Å². The first-order valence-electron chi connectivity index (χ1n) is 8.97. The van der Waals surface area contributed by atoms with Crippen LogP contribution >= 0.6 is 11.6 Å². The average Bonchev–Trinajstić information content (AvgIpc) is 2.69. The number of nitrogens with zero attached hydrogens (tertiary/aromatic N) is 4. The third kappa shape index (κ3) is 4.09. The summed E-state index contributed by atoms with van der Waals surface area (Å²) >= 11 is 6.12. The topological polar surface area (TPSA) is 41.9 Å². The molecule has 4 rings (SSSR count). The van der Waals surface area contributed by atoms with Crippen LogP contribution in [0.2, 0.25) is 5.02 Å². The van der Waals surface area contributed by atoms with Crippen molar-refractivity contribution in [1.82, 2.24) is 19.9 Å². The smallest absolute Gasteiger partial charge is 0.0889 e. The fourth-order valence-corrected chi connectivity index (χ4v) is 3.75. The third-order valence-corrected chi connectivity index (χ3v) is 5.06. The maximum Gasteiger partial charge on any atom is 0.0889 e. The minimum absolute atomic E-state index is 0.409. The first-order valence-corrected chi connectivity index (χ1v) is 9.35. The van der Waals surface area contributed by atoms with Crippen LogP contribution in [0.4, 0.5) is 0 Å². The van der Waals surface area contributed by atoms with E-state index in [4.69, 9.17) is 16.6 Å². The van der Waals surface area contributed by atoms with Crippen molar-refractivity contribution in [1.29, 1.82) is 0 Å². The van der Waals surface area contributed by atoms with Crippen LogP contribution in [0.5, 0.6) is 0 Å². The van der Waals surface area contributed by atoms with Gasteiger partial charge >= 0.3 is 0 Å². The summed E-state index contributed by atoms with van der Waals surface area (Å²) < 4.78 is 0. The highest BCUT2D eigenvalue weighted by Crippen LogP contribution is 2.28. The molecule has 0 spiro atoms. The van der Waals surface area contributed by atoms with E-state index in [1.165, 1.54) is 12.0 Å². The van der Waals surface area contributed by atoms with Gasteiger partial charge in [0, 0.05) is 48.2 Å². The Hall–Kier alpha value is -2.30. The van der Waals surface area contributed by atoms with E-state index in [2.05, 4.69) is 20.9 Å². The van der Waals surface area contributed by atoms with E-state index in [-0.39, 0.29) is 0 Å². The summed E-state index contributed by atoms with van der Waals surface area (Å²) in [6, 6.07) is 11.9. The highest BCUT2D eigenvalue weighted by atomic mass is 35.5. The molecular weight excluding hydrogens is 344 g/mol. The molecule has 0 aliphatic carbocycles. The van der Waals surface area contributed by atoms with Crippen molar-refractivity contribution in [2.75, 3.05) is 13.1 Å². The van der Waals surface area contributed by atoms with Gasteiger partial charge in [-0.1, -0.05) is 29.8 Å². The van der Waals surface area contributed by atoms with Crippen molar-refractivity contribution >= 4 is 11.6 Å². The lowest BCUT2D eigenvalue weighted by molar-refractivity contribution is 0.198. The molecule has 1 saturated heterocycles. The summed E-state index contributed by atoms with van der Waals surface area (Å²) in [5.41, 5.74) is 4.22. The van der Waals surface area contributed by atoms with Gasteiger partial charge in [0.15, 0.2) is 0 Å². The quantitative estimate of drug-likeness (QED) is 0.680. The molecule has 1 aliphatic heterocycles. The number of hydrogen-bond acceptors (Lipinski definition) is 4. The van der Waals surface area contributed by atoms with Crippen molar-refractivity contribution in [2.45, 2.75) is 25.3 Å². The van der Waals surface area contributed by atoms with E-state index >= 15 is 0 Å². The van der Waals surface area contributed by atoms with E-state index in [9.17, 15) is 0 Å². The minimum Gasteiger partial charge on any atom is -0.298 e. The molecule has 3 heterocycles.